The number of unbranched alkanes of at least 4 members (excludes halogenated alkanes) is 4. The minimum atomic E-state index is -0.910. The smallest absolute Gasteiger partial charge is 0.347 e. The summed E-state index contributed by atoms with van der Waals surface area (Å²) in [7, 11) is 1.44. The number of nitrogens with zero attached hydrogens (tertiary/aromatic N) is 3. The molecule has 1 heterocycles. The van der Waals surface area contributed by atoms with Crippen LogP contribution < -0.4 is 16.0 Å². The minimum Gasteiger partial charge on any atom is -0.480 e. The van der Waals surface area contributed by atoms with Crippen LogP contribution in [0.25, 0.3) is 0 Å². The standard InChI is InChI=1S/C24H35N3O5S/c1-5-6-7-8-9-15-27-23(31)26(4)21(28)20(25-27)32-16-11-13-18-12-10-14-19(17-18)33-24(2,3)22(29)30/h10,12,14,17H,5-9,11,13,15-16H2,1-4H3,(H,29,30). The summed E-state index contributed by atoms with van der Waals surface area (Å²) in [5, 5.41) is 13.5. The lowest BCUT2D eigenvalue weighted by Crippen LogP contribution is -2.40. The number of ether oxygens (including phenoxy) is 1. The van der Waals surface area contributed by atoms with Gasteiger partial charge in [-0.3, -0.25) is 14.2 Å². The van der Waals surface area contributed by atoms with E-state index in [2.05, 4.69) is 12.0 Å². The van der Waals surface area contributed by atoms with E-state index in [1.165, 1.54) is 29.9 Å². The molecule has 1 aromatic carbocycles. The van der Waals surface area contributed by atoms with Crippen molar-refractivity contribution in [2.24, 2.45) is 7.05 Å². The first-order chi connectivity index (χ1) is 15.7. The van der Waals surface area contributed by atoms with Crippen molar-refractivity contribution >= 4 is 17.7 Å². The largest absolute Gasteiger partial charge is 0.480 e. The Kier molecular flexibility index (Phi) is 10.2. The lowest BCUT2D eigenvalue weighted by Gasteiger charge is -2.18. The summed E-state index contributed by atoms with van der Waals surface area (Å²) in [4.78, 5) is 36.9. The molecule has 182 valence electrons. The quantitative estimate of drug-likeness (QED) is 0.325. The molecule has 0 fully saturated rings. The van der Waals surface area contributed by atoms with Gasteiger partial charge in [0.25, 0.3) is 5.88 Å². The Bertz CT molecular complexity index is 1050. The van der Waals surface area contributed by atoms with Gasteiger partial charge in [-0.25, -0.2) is 9.48 Å². The van der Waals surface area contributed by atoms with Gasteiger partial charge in [0.15, 0.2) is 0 Å². The molecule has 0 atom stereocenters. The van der Waals surface area contributed by atoms with Gasteiger partial charge in [0.05, 0.1) is 6.61 Å². The van der Waals surface area contributed by atoms with Crippen molar-refractivity contribution in [3.8, 4) is 5.88 Å². The van der Waals surface area contributed by atoms with Crippen LogP contribution in [-0.4, -0.2) is 36.8 Å². The van der Waals surface area contributed by atoms with E-state index >= 15 is 0 Å². The average Bonchev–Trinajstić information content (AvgIpc) is 2.77. The summed E-state index contributed by atoms with van der Waals surface area (Å²) in [6.07, 6.45) is 6.65. The SMILES string of the molecule is CCCCCCCn1nc(OCCCc2cccc(SC(C)(C)C(=O)O)c2)c(=O)n(C)c1=O. The van der Waals surface area contributed by atoms with Crippen LogP contribution in [0.3, 0.4) is 0 Å². The summed E-state index contributed by atoms with van der Waals surface area (Å²) in [6, 6.07) is 7.76. The summed E-state index contributed by atoms with van der Waals surface area (Å²) in [5.41, 5.74) is 0.0978. The van der Waals surface area contributed by atoms with Crippen LogP contribution in [-0.2, 0) is 24.8 Å². The number of thioether (sulfide) groups is 1. The van der Waals surface area contributed by atoms with Crippen LogP contribution >= 0.6 is 11.8 Å². The zero-order chi connectivity index (χ0) is 24.4. The molecule has 0 aliphatic heterocycles. The van der Waals surface area contributed by atoms with Crippen molar-refractivity contribution in [2.75, 3.05) is 6.61 Å². The molecule has 2 aromatic rings. The second kappa shape index (κ2) is 12.6. The molecule has 0 saturated carbocycles. The highest BCUT2D eigenvalue weighted by Crippen LogP contribution is 2.33. The third-order valence-corrected chi connectivity index (χ3v) is 6.49. The molecule has 0 bridgehead atoms. The van der Waals surface area contributed by atoms with Gasteiger partial charge in [0.2, 0.25) is 0 Å². The van der Waals surface area contributed by atoms with Gasteiger partial charge < -0.3 is 9.84 Å². The lowest BCUT2D eigenvalue weighted by atomic mass is 10.1. The monoisotopic (exact) mass is 477 g/mol. The zero-order valence-corrected chi connectivity index (χ0v) is 20.8. The Morgan fingerprint density at radius 2 is 1.88 bits per heavy atom. The summed E-state index contributed by atoms with van der Waals surface area (Å²) in [6.45, 7) is 6.26. The third kappa shape index (κ3) is 8.07. The third-order valence-electron chi connectivity index (χ3n) is 5.32. The van der Waals surface area contributed by atoms with Crippen molar-refractivity contribution in [1.29, 1.82) is 0 Å². The topological polar surface area (TPSA) is 103 Å². The van der Waals surface area contributed by atoms with Gasteiger partial charge in [-0.1, -0.05) is 44.7 Å². The Balaban J connectivity index is 1.94. The van der Waals surface area contributed by atoms with E-state index in [4.69, 9.17) is 4.74 Å². The number of carboxylic acid groups (broad SMARTS) is 1. The van der Waals surface area contributed by atoms with Crippen LogP contribution in [0.15, 0.2) is 38.8 Å². The number of benzene rings is 1. The number of aliphatic carboxylic acids is 1. The number of hydrogen-bond donors (Lipinski definition) is 1. The van der Waals surface area contributed by atoms with Crippen molar-refractivity contribution in [3.63, 3.8) is 0 Å². The predicted molar refractivity (Wildman–Crippen MR) is 130 cm³/mol. The molecule has 2 rings (SSSR count). The zero-order valence-electron chi connectivity index (χ0n) is 20.0. The van der Waals surface area contributed by atoms with Crippen LogP contribution in [0.4, 0.5) is 0 Å². The predicted octanol–water partition coefficient (Wildman–Crippen LogP) is 3.88. The molecule has 0 aliphatic rings. The molecule has 0 radical (unpaired) electrons. The van der Waals surface area contributed by atoms with Crippen LogP contribution in [0.5, 0.6) is 5.88 Å². The molecule has 0 amide bonds. The molecular formula is C24H35N3O5S. The molecule has 0 spiro atoms. The van der Waals surface area contributed by atoms with E-state index in [1.807, 2.05) is 24.3 Å². The molecule has 1 N–H and O–H groups in total. The van der Waals surface area contributed by atoms with E-state index in [0.717, 1.165) is 40.7 Å². The first kappa shape index (κ1) is 26.7. The Hall–Kier alpha value is -2.55. The van der Waals surface area contributed by atoms with Gasteiger partial charge in [0, 0.05) is 18.5 Å². The lowest BCUT2D eigenvalue weighted by molar-refractivity contribution is -0.138. The maximum Gasteiger partial charge on any atom is 0.347 e. The van der Waals surface area contributed by atoms with Gasteiger partial charge >= 0.3 is 17.2 Å². The minimum absolute atomic E-state index is 0.0572. The van der Waals surface area contributed by atoms with Gasteiger partial charge in [-0.15, -0.1) is 16.9 Å². The molecule has 33 heavy (non-hydrogen) atoms. The molecule has 0 unspecified atom stereocenters. The first-order valence-electron chi connectivity index (χ1n) is 11.5. The Morgan fingerprint density at radius 1 is 1.15 bits per heavy atom. The van der Waals surface area contributed by atoms with E-state index in [0.29, 0.717) is 19.4 Å². The summed E-state index contributed by atoms with van der Waals surface area (Å²) < 4.78 is 7.08. The van der Waals surface area contributed by atoms with Crippen LogP contribution in [0, 0.1) is 0 Å². The fraction of sp³-hybridized carbons (Fsp3) is 0.583. The maximum absolute atomic E-state index is 12.4. The van der Waals surface area contributed by atoms with Crippen molar-refractivity contribution in [3.05, 3.63) is 50.7 Å². The van der Waals surface area contributed by atoms with Crippen LogP contribution in [0.1, 0.15) is 64.9 Å². The number of carbonyl (C=O) groups is 1. The summed E-state index contributed by atoms with van der Waals surface area (Å²) >= 11 is 1.30. The highest BCUT2D eigenvalue weighted by molar-refractivity contribution is 8.01. The number of aromatic nitrogens is 3. The van der Waals surface area contributed by atoms with Gasteiger partial charge in [0.1, 0.15) is 4.75 Å². The van der Waals surface area contributed by atoms with Gasteiger partial charge in [-0.05, 0) is 50.8 Å². The second-order valence-corrected chi connectivity index (χ2v) is 10.3. The normalized spacial score (nSPS) is 11.5. The fourth-order valence-corrected chi connectivity index (χ4v) is 4.28. The fourth-order valence-electron chi connectivity index (χ4n) is 3.25. The van der Waals surface area contributed by atoms with E-state index in [9.17, 15) is 19.5 Å². The van der Waals surface area contributed by atoms with Crippen molar-refractivity contribution in [2.45, 2.75) is 81.9 Å². The average molecular weight is 478 g/mol. The van der Waals surface area contributed by atoms with Crippen molar-refractivity contribution < 1.29 is 14.6 Å². The van der Waals surface area contributed by atoms with Crippen LogP contribution in [0.2, 0.25) is 0 Å². The number of rotatable bonds is 14. The summed E-state index contributed by atoms with van der Waals surface area (Å²) in [5.74, 6) is -0.916. The number of aryl methyl sites for hydroxylation is 2. The number of hydrogen-bond acceptors (Lipinski definition) is 6. The Labute approximate surface area is 199 Å². The highest BCUT2D eigenvalue weighted by Gasteiger charge is 2.28. The molecule has 9 heteroatoms. The van der Waals surface area contributed by atoms with Crippen molar-refractivity contribution in [1.82, 2.24) is 14.3 Å². The molecular weight excluding hydrogens is 442 g/mol. The second-order valence-electron chi connectivity index (χ2n) is 8.61. The van der Waals surface area contributed by atoms with E-state index in [1.54, 1.807) is 13.8 Å². The van der Waals surface area contributed by atoms with E-state index < -0.39 is 22.0 Å². The Morgan fingerprint density at radius 3 is 2.58 bits per heavy atom. The first-order valence-corrected chi connectivity index (χ1v) is 12.3. The molecule has 8 nitrogen and oxygen atoms in total. The number of carboxylic acids is 1. The maximum atomic E-state index is 12.4. The van der Waals surface area contributed by atoms with E-state index in [-0.39, 0.29) is 12.5 Å². The van der Waals surface area contributed by atoms with Gasteiger partial charge in [-0.2, -0.15) is 0 Å². The highest BCUT2D eigenvalue weighted by atomic mass is 32.2. The molecule has 0 aliphatic carbocycles. The molecule has 0 saturated heterocycles. The molecule has 1 aromatic heterocycles.